The first-order valence-electron chi connectivity index (χ1n) is 8.23. The summed E-state index contributed by atoms with van der Waals surface area (Å²) in [4.78, 5) is 16.1. The molecule has 3 rings (SSSR count). The van der Waals surface area contributed by atoms with Gasteiger partial charge in [0.1, 0.15) is 0 Å². The number of carbonyl (C=O) groups excluding carboxylic acids is 1. The molecule has 0 radical (unpaired) electrons. The van der Waals surface area contributed by atoms with E-state index in [1.54, 1.807) is 11.9 Å². The minimum atomic E-state index is -0.389. The minimum absolute atomic E-state index is 0.104. The predicted molar refractivity (Wildman–Crippen MR) is 92.0 cm³/mol. The van der Waals surface area contributed by atoms with Gasteiger partial charge in [0.05, 0.1) is 6.10 Å². The molecule has 5 nitrogen and oxygen atoms in total. The third-order valence-electron chi connectivity index (χ3n) is 4.68. The molecular formula is C17H24ClN3O2. The number of carbonyl (C=O) groups is 1. The molecule has 6 heteroatoms. The highest BCUT2D eigenvalue weighted by molar-refractivity contribution is 6.30. The molecule has 23 heavy (non-hydrogen) atoms. The summed E-state index contributed by atoms with van der Waals surface area (Å²) in [6, 6.07) is 7.81. The Hall–Kier alpha value is -1.46. The van der Waals surface area contributed by atoms with E-state index >= 15 is 0 Å². The lowest BCUT2D eigenvalue weighted by Gasteiger charge is -2.24. The van der Waals surface area contributed by atoms with Gasteiger partial charge in [-0.25, -0.2) is 4.79 Å². The van der Waals surface area contributed by atoms with E-state index < -0.39 is 0 Å². The second kappa shape index (κ2) is 6.97. The van der Waals surface area contributed by atoms with E-state index in [1.807, 2.05) is 24.3 Å². The van der Waals surface area contributed by atoms with E-state index in [0.29, 0.717) is 12.5 Å². The lowest BCUT2D eigenvalue weighted by atomic mass is 10.2. The molecule has 2 unspecified atom stereocenters. The molecule has 1 aliphatic heterocycles. The average molecular weight is 338 g/mol. The van der Waals surface area contributed by atoms with E-state index in [2.05, 4.69) is 10.2 Å². The van der Waals surface area contributed by atoms with Crippen molar-refractivity contribution in [1.29, 1.82) is 0 Å². The number of amides is 2. The molecular weight excluding hydrogens is 314 g/mol. The van der Waals surface area contributed by atoms with E-state index in [-0.39, 0.29) is 18.2 Å². The van der Waals surface area contributed by atoms with E-state index in [0.717, 1.165) is 43.1 Å². The zero-order valence-electron chi connectivity index (χ0n) is 13.4. The molecule has 1 aliphatic carbocycles. The molecule has 1 saturated carbocycles. The standard InChI is InChI=1S/C17H24ClN3O2/c1-20(11-16(22)12-2-3-12)17(23)19-14-8-9-21(10-14)15-6-4-13(18)5-7-15/h4-7,12,14,16,22H,2-3,8-11H2,1H3,(H,19,23). The fourth-order valence-electron chi connectivity index (χ4n) is 3.04. The van der Waals surface area contributed by atoms with Crippen molar-refractivity contribution >= 4 is 23.3 Å². The second-order valence-electron chi connectivity index (χ2n) is 6.64. The summed E-state index contributed by atoms with van der Waals surface area (Å²) >= 11 is 5.92. The number of hydrogen-bond acceptors (Lipinski definition) is 3. The first kappa shape index (κ1) is 16.4. The summed E-state index contributed by atoms with van der Waals surface area (Å²) in [6.45, 7) is 2.12. The first-order chi connectivity index (χ1) is 11.0. The molecule has 2 aliphatic rings. The normalized spacial score (nSPS) is 22.0. The summed E-state index contributed by atoms with van der Waals surface area (Å²) in [7, 11) is 1.74. The number of anilines is 1. The molecule has 1 aromatic rings. The van der Waals surface area contributed by atoms with Gasteiger partial charge in [-0.05, 0) is 49.4 Å². The zero-order valence-corrected chi connectivity index (χ0v) is 14.2. The maximum atomic E-state index is 12.2. The number of urea groups is 1. The van der Waals surface area contributed by atoms with Gasteiger partial charge in [0, 0.05) is 43.4 Å². The molecule has 0 spiro atoms. The number of halogens is 1. The molecule has 1 aromatic carbocycles. The Morgan fingerprint density at radius 3 is 2.74 bits per heavy atom. The van der Waals surface area contributed by atoms with Crippen LogP contribution in [-0.4, -0.2) is 54.9 Å². The second-order valence-corrected chi connectivity index (χ2v) is 7.08. The van der Waals surface area contributed by atoms with Gasteiger partial charge >= 0.3 is 6.03 Å². The van der Waals surface area contributed by atoms with E-state index in [1.165, 1.54) is 0 Å². The zero-order chi connectivity index (χ0) is 16.4. The van der Waals surface area contributed by atoms with Crippen LogP contribution >= 0.6 is 11.6 Å². The summed E-state index contributed by atoms with van der Waals surface area (Å²) in [5, 5.41) is 13.7. The predicted octanol–water partition coefficient (Wildman–Crippen LogP) is 2.33. The van der Waals surface area contributed by atoms with Gasteiger partial charge in [0.15, 0.2) is 0 Å². The van der Waals surface area contributed by atoms with Crippen molar-refractivity contribution in [3.8, 4) is 0 Å². The number of aliphatic hydroxyl groups is 1. The highest BCUT2D eigenvalue weighted by Gasteiger charge is 2.32. The SMILES string of the molecule is CN(CC(O)C1CC1)C(=O)NC1CCN(c2ccc(Cl)cc2)C1. The number of nitrogens with one attached hydrogen (secondary N) is 1. The Morgan fingerprint density at radius 1 is 1.39 bits per heavy atom. The monoisotopic (exact) mass is 337 g/mol. The molecule has 126 valence electrons. The Bertz CT molecular complexity index is 547. The van der Waals surface area contributed by atoms with Gasteiger partial charge in [-0.1, -0.05) is 11.6 Å². The van der Waals surface area contributed by atoms with Crippen LogP contribution in [0.3, 0.4) is 0 Å². The summed E-state index contributed by atoms with van der Waals surface area (Å²) in [6.07, 6.45) is 2.69. The largest absolute Gasteiger partial charge is 0.391 e. The fraction of sp³-hybridized carbons (Fsp3) is 0.588. The van der Waals surface area contributed by atoms with Crippen molar-refractivity contribution in [2.75, 3.05) is 31.6 Å². The highest BCUT2D eigenvalue weighted by Crippen LogP contribution is 2.32. The smallest absolute Gasteiger partial charge is 0.317 e. The molecule has 0 bridgehead atoms. The Morgan fingerprint density at radius 2 is 2.09 bits per heavy atom. The number of benzene rings is 1. The van der Waals surface area contributed by atoms with Crippen molar-refractivity contribution in [2.45, 2.75) is 31.4 Å². The lowest BCUT2D eigenvalue weighted by molar-refractivity contribution is 0.113. The van der Waals surface area contributed by atoms with Gasteiger partial charge in [-0.15, -0.1) is 0 Å². The van der Waals surface area contributed by atoms with Crippen molar-refractivity contribution < 1.29 is 9.90 Å². The van der Waals surface area contributed by atoms with Gasteiger partial charge < -0.3 is 20.2 Å². The van der Waals surface area contributed by atoms with Crippen LogP contribution in [0.25, 0.3) is 0 Å². The van der Waals surface area contributed by atoms with Crippen molar-refractivity contribution in [1.82, 2.24) is 10.2 Å². The lowest BCUT2D eigenvalue weighted by Crippen LogP contribution is -2.46. The summed E-state index contributed by atoms with van der Waals surface area (Å²) < 4.78 is 0. The number of likely N-dealkylation sites (N-methyl/N-ethyl adjacent to an activating group) is 1. The highest BCUT2D eigenvalue weighted by atomic mass is 35.5. The summed E-state index contributed by atoms with van der Waals surface area (Å²) in [5.41, 5.74) is 1.13. The maximum absolute atomic E-state index is 12.2. The number of aliphatic hydroxyl groups excluding tert-OH is 1. The van der Waals surface area contributed by atoms with Gasteiger partial charge in [0.2, 0.25) is 0 Å². The van der Waals surface area contributed by atoms with Gasteiger partial charge in [0.25, 0.3) is 0 Å². The van der Waals surface area contributed by atoms with Crippen molar-refractivity contribution in [2.24, 2.45) is 5.92 Å². The molecule has 1 heterocycles. The fourth-order valence-corrected chi connectivity index (χ4v) is 3.17. The van der Waals surface area contributed by atoms with E-state index in [4.69, 9.17) is 11.6 Å². The van der Waals surface area contributed by atoms with Crippen LogP contribution in [0.1, 0.15) is 19.3 Å². The van der Waals surface area contributed by atoms with Crippen LogP contribution in [0, 0.1) is 5.92 Å². The molecule has 2 fully saturated rings. The maximum Gasteiger partial charge on any atom is 0.317 e. The Kier molecular flexibility index (Phi) is 4.97. The van der Waals surface area contributed by atoms with Crippen molar-refractivity contribution in [3.05, 3.63) is 29.3 Å². The first-order valence-corrected chi connectivity index (χ1v) is 8.61. The van der Waals surface area contributed by atoms with Gasteiger partial charge in [-0.3, -0.25) is 0 Å². The third kappa shape index (κ3) is 4.30. The third-order valence-corrected chi connectivity index (χ3v) is 4.93. The van der Waals surface area contributed by atoms with Crippen LogP contribution in [0.5, 0.6) is 0 Å². The van der Waals surface area contributed by atoms with Crippen LogP contribution in [0.15, 0.2) is 24.3 Å². The molecule has 2 atom stereocenters. The molecule has 0 aromatic heterocycles. The van der Waals surface area contributed by atoms with Crippen LogP contribution in [-0.2, 0) is 0 Å². The van der Waals surface area contributed by atoms with Crippen LogP contribution in [0.2, 0.25) is 5.02 Å². The number of rotatable bonds is 5. The molecule has 2 amide bonds. The number of hydrogen-bond donors (Lipinski definition) is 2. The molecule has 2 N–H and O–H groups in total. The Balaban J connectivity index is 1.47. The van der Waals surface area contributed by atoms with E-state index in [9.17, 15) is 9.90 Å². The average Bonchev–Trinajstić information content (AvgIpc) is 3.28. The van der Waals surface area contributed by atoms with Crippen LogP contribution < -0.4 is 10.2 Å². The topological polar surface area (TPSA) is 55.8 Å². The van der Waals surface area contributed by atoms with Crippen molar-refractivity contribution in [3.63, 3.8) is 0 Å². The minimum Gasteiger partial charge on any atom is -0.391 e. The molecule has 1 saturated heterocycles. The van der Waals surface area contributed by atoms with Crippen LogP contribution in [0.4, 0.5) is 10.5 Å². The number of nitrogens with zero attached hydrogens (tertiary/aromatic N) is 2. The van der Waals surface area contributed by atoms with Gasteiger partial charge in [-0.2, -0.15) is 0 Å². The quantitative estimate of drug-likeness (QED) is 0.867. The Labute approximate surface area is 142 Å². The summed E-state index contributed by atoms with van der Waals surface area (Å²) in [5.74, 6) is 0.386.